The number of carbonyl (C=O) groups excluding carboxylic acids is 2. The van der Waals surface area contributed by atoms with Gasteiger partial charge >= 0.3 is 0 Å². The predicted octanol–water partition coefficient (Wildman–Crippen LogP) is 2.41. The molecular weight excluding hydrogens is 489 g/mol. The van der Waals surface area contributed by atoms with Crippen molar-refractivity contribution in [2.24, 2.45) is 0 Å². The van der Waals surface area contributed by atoms with E-state index < -0.39 is 0 Å². The third-order valence-corrected chi connectivity index (χ3v) is 6.56. The largest absolute Gasteiger partial charge is 0.353 e. The molecule has 3 aromatic rings. The Morgan fingerprint density at radius 3 is 2.66 bits per heavy atom. The molecule has 0 aliphatic carbocycles. The number of aryl methyl sites for hydroxylation is 2. The molecule has 1 aliphatic rings. The van der Waals surface area contributed by atoms with Crippen LogP contribution >= 0.6 is 0 Å². The monoisotopic (exact) mass is 523 g/mol. The van der Waals surface area contributed by atoms with E-state index in [4.69, 9.17) is 4.52 Å². The molecule has 10 nitrogen and oxygen atoms in total. The summed E-state index contributed by atoms with van der Waals surface area (Å²) < 4.78 is 19.4. The molecule has 2 heterocycles. The van der Waals surface area contributed by atoms with Crippen LogP contribution < -0.4 is 15.5 Å². The number of hydrogen-bond acceptors (Lipinski definition) is 8. The number of halogens is 1. The molecule has 1 aromatic heterocycles. The summed E-state index contributed by atoms with van der Waals surface area (Å²) in [6.07, 6.45) is 0. The van der Waals surface area contributed by atoms with Gasteiger partial charge in [-0.05, 0) is 36.7 Å². The molecule has 0 unspecified atom stereocenters. The van der Waals surface area contributed by atoms with E-state index in [1.165, 1.54) is 11.1 Å². The zero-order valence-corrected chi connectivity index (χ0v) is 22.3. The summed E-state index contributed by atoms with van der Waals surface area (Å²) in [6, 6.07) is 10.6. The van der Waals surface area contributed by atoms with Crippen molar-refractivity contribution in [3.05, 3.63) is 64.8 Å². The van der Waals surface area contributed by atoms with E-state index in [2.05, 4.69) is 20.8 Å². The average molecular weight is 524 g/mol. The summed E-state index contributed by atoms with van der Waals surface area (Å²) in [6.45, 7) is 8.26. The molecule has 0 saturated heterocycles. The number of rotatable bonds is 11. The second kappa shape index (κ2) is 12.1. The van der Waals surface area contributed by atoms with Crippen LogP contribution in [-0.4, -0.2) is 71.7 Å². The molecule has 11 heteroatoms. The Bertz CT molecular complexity index is 1300. The first-order valence-corrected chi connectivity index (χ1v) is 12.7. The first kappa shape index (κ1) is 27.2. The number of aromatic nitrogens is 2. The topological polar surface area (TPSA) is 107 Å². The van der Waals surface area contributed by atoms with E-state index >= 15 is 0 Å². The van der Waals surface area contributed by atoms with Crippen molar-refractivity contribution in [3.8, 4) is 11.4 Å². The molecular formula is C27H34FN7O3. The van der Waals surface area contributed by atoms with Crippen molar-refractivity contribution in [2.75, 3.05) is 44.7 Å². The Morgan fingerprint density at radius 2 is 1.95 bits per heavy atom. The molecule has 2 aromatic carbocycles. The maximum Gasteiger partial charge on any atom is 0.256 e. The predicted molar refractivity (Wildman–Crippen MR) is 141 cm³/mol. The van der Waals surface area contributed by atoms with Gasteiger partial charge in [-0.25, -0.2) is 9.40 Å². The highest BCUT2D eigenvalue weighted by Crippen LogP contribution is 2.28. The van der Waals surface area contributed by atoms with Crippen LogP contribution in [0.5, 0.6) is 0 Å². The number of nitrogens with one attached hydrogen (secondary N) is 2. The van der Waals surface area contributed by atoms with Gasteiger partial charge in [-0.2, -0.15) is 4.98 Å². The lowest BCUT2D eigenvalue weighted by Crippen LogP contribution is -2.48. The van der Waals surface area contributed by atoms with Crippen molar-refractivity contribution in [3.63, 3.8) is 0 Å². The maximum absolute atomic E-state index is 14.3. The summed E-state index contributed by atoms with van der Waals surface area (Å²) in [5.41, 5.74) is 3.78. The third-order valence-electron chi connectivity index (χ3n) is 6.56. The highest BCUT2D eigenvalue weighted by Gasteiger charge is 2.29. The number of hydrogen-bond donors (Lipinski definition) is 2. The Balaban J connectivity index is 1.54. The minimum atomic E-state index is -0.272. The van der Waals surface area contributed by atoms with Crippen LogP contribution in [0.4, 0.5) is 10.1 Å². The maximum atomic E-state index is 14.3. The number of carbonyl (C=O) groups is 2. The Kier molecular flexibility index (Phi) is 8.70. The van der Waals surface area contributed by atoms with Crippen LogP contribution in [0.2, 0.25) is 0 Å². The van der Waals surface area contributed by atoms with Gasteiger partial charge in [0.25, 0.3) is 5.91 Å². The summed E-state index contributed by atoms with van der Waals surface area (Å²) in [7, 11) is 1.67. The van der Waals surface area contributed by atoms with Crippen LogP contribution in [0.1, 0.15) is 29.5 Å². The molecule has 1 aliphatic heterocycles. The third kappa shape index (κ3) is 6.35. The molecule has 2 N–H and O–H groups in total. The van der Waals surface area contributed by atoms with Gasteiger partial charge in [0.2, 0.25) is 17.6 Å². The molecule has 0 atom stereocenters. The van der Waals surface area contributed by atoms with Crippen molar-refractivity contribution >= 4 is 17.5 Å². The van der Waals surface area contributed by atoms with Crippen LogP contribution in [-0.2, 0) is 22.7 Å². The standard InChI is InChI=1S/C27H34FN7O3/c1-5-29-11-12-30-25(36)16-34(24-13-20(10-9-18(24)2)27-31-19(3)38-32-27)17-26(37)33(4)35-14-21-7-6-8-23(28)22(21)15-35/h6-10,13,29H,5,11-12,14-17H2,1-4H3,(H,30,36). The highest BCUT2D eigenvalue weighted by atomic mass is 19.1. The van der Waals surface area contributed by atoms with Crippen molar-refractivity contribution in [1.29, 1.82) is 0 Å². The first-order valence-electron chi connectivity index (χ1n) is 12.7. The molecule has 0 fully saturated rings. The fourth-order valence-electron chi connectivity index (χ4n) is 4.43. The Labute approximate surface area is 221 Å². The molecule has 0 spiro atoms. The summed E-state index contributed by atoms with van der Waals surface area (Å²) in [5.74, 6) is 0.178. The number of benzene rings is 2. The number of likely N-dealkylation sites (N-methyl/N-ethyl adjacent to an activating group) is 2. The lowest BCUT2D eigenvalue weighted by molar-refractivity contribution is -0.145. The first-order chi connectivity index (χ1) is 18.3. The Hall–Kier alpha value is -3.83. The Morgan fingerprint density at radius 1 is 1.13 bits per heavy atom. The van der Waals surface area contributed by atoms with Crippen LogP contribution in [0.25, 0.3) is 11.4 Å². The molecule has 0 saturated carbocycles. The van der Waals surface area contributed by atoms with Crippen LogP contribution in [0.3, 0.4) is 0 Å². The minimum Gasteiger partial charge on any atom is -0.353 e. The van der Waals surface area contributed by atoms with E-state index in [1.54, 1.807) is 29.9 Å². The second-order valence-corrected chi connectivity index (χ2v) is 9.32. The molecule has 4 rings (SSSR count). The average Bonchev–Trinajstić information content (AvgIpc) is 3.53. The summed E-state index contributed by atoms with van der Waals surface area (Å²) >= 11 is 0. The number of fused-ring (bicyclic) bond motifs is 1. The normalized spacial score (nSPS) is 12.9. The van der Waals surface area contributed by atoms with Gasteiger partial charge in [-0.3, -0.25) is 14.6 Å². The van der Waals surface area contributed by atoms with Crippen molar-refractivity contribution < 1.29 is 18.5 Å². The van der Waals surface area contributed by atoms with E-state index in [9.17, 15) is 14.0 Å². The van der Waals surface area contributed by atoms with Crippen molar-refractivity contribution in [2.45, 2.75) is 33.9 Å². The summed E-state index contributed by atoms with van der Waals surface area (Å²) in [4.78, 5) is 32.4. The van der Waals surface area contributed by atoms with Gasteiger partial charge in [0.15, 0.2) is 0 Å². The SMILES string of the molecule is CCNCCNC(=O)CN(CC(=O)N(C)N1Cc2cccc(F)c2C1)c1cc(-c2noc(C)n2)ccc1C. The molecule has 0 bridgehead atoms. The molecule has 0 radical (unpaired) electrons. The second-order valence-electron chi connectivity index (χ2n) is 9.32. The zero-order chi connectivity index (χ0) is 27.2. The van der Waals surface area contributed by atoms with Crippen molar-refractivity contribution in [1.82, 2.24) is 30.8 Å². The van der Waals surface area contributed by atoms with E-state index in [0.29, 0.717) is 54.7 Å². The van der Waals surface area contributed by atoms with Gasteiger partial charge in [0.05, 0.1) is 13.1 Å². The number of nitrogens with zero attached hydrogens (tertiary/aromatic N) is 5. The lowest BCUT2D eigenvalue weighted by atomic mass is 10.1. The fourth-order valence-corrected chi connectivity index (χ4v) is 4.43. The van der Waals surface area contributed by atoms with Gasteiger partial charge in [0, 0.05) is 57.0 Å². The van der Waals surface area contributed by atoms with Gasteiger partial charge < -0.3 is 20.1 Å². The molecule has 38 heavy (non-hydrogen) atoms. The number of anilines is 1. The van der Waals surface area contributed by atoms with E-state index in [1.807, 2.05) is 38.1 Å². The van der Waals surface area contributed by atoms with Crippen LogP contribution in [0.15, 0.2) is 40.9 Å². The van der Waals surface area contributed by atoms with Gasteiger partial charge in [-0.15, -0.1) is 0 Å². The quantitative estimate of drug-likeness (QED) is 0.369. The molecule has 202 valence electrons. The number of hydrazine groups is 1. The van der Waals surface area contributed by atoms with Crippen LogP contribution in [0, 0.1) is 19.7 Å². The number of amides is 2. The van der Waals surface area contributed by atoms with E-state index in [0.717, 1.165) is 17.7 Å². The van der Waals surface area contributed by atoms with Gasteiger partial charge in [0.1, 0.15) is 5.82 Å². The minimum absolute atomic E-state index is 0.0177. The highest BCUT2D eigenvalue weighted by molar-refractivity contribution is 5.87. The fraction of sp³-hybridized carbons (Fsp3) is 0.407. The van der Waals surface area contributed by atoms with E-state index in [-0.39, 0.29) is 30.7 Å². The lowest BCUT2D eigenvalue weighted by Gasteiger charge is -2.32. The summed E-state index contributed by atoms with van der Waals surface area (Å²) in [5, 5.41) is 13.4. The smallest absolute Gasteiger partial charge is 0.256 e. The zero-order valence-electron chi connectivity index (χ0n) is 22.3. The molecule has 2 amide bonds. The van der Waals surface area contributed by atoms with Gasteiger partial charge in [-0.1, -0.05) is 36.3 Å².